The van der Waals surface area contributed by atoms with Crippen molar-refractivity contribution in [1.29, 1.82) is 0 Å². The van der Waals surface area contributed by atoms with Crippen LogP contribution >= 0.6 is 24.8 Å². The summed E-state index contributed by atoms with van der Waals surface area (Å²) in [7, 11) is 1.87. The van der Waals surface area contributed by atoms with Crippen LogP contribution < -0.4 is 15.5 Å². The van der Waals surface area contributed by atoms with Crippen molar-refractivity contribution in [2.45, 2.75) is 19.3 Å². The minimum absolute atomic E-state index is 0. The molecule has 2 N–H and O–H groups in total. The normalized spacial score (nSPS) is 13.4. The minimum atomic E-state index is 0. The molecule has 1 aromatic heterocycles. The van der Waals surface area contributed by atoms with Gasteiger partial charge in [0.15, 0.2) is 0 Å². The predicted octanol–water partition coefficient (Wildman–Crippen LogP) is 1.08. The Balaban J connectivity index is 0.00000312. The van der Waals surface area contributed by atoms with Crippen LogP contribution in [0.5, 0.6) is 0 Å². The van der Waals surface area contributed by atoms with Gasteiger partial charge in [0.2, 0.25) is 11.8 Å². The summed E-state index contributed by atoms with van der Waals surface area (Å²) in [6.45, 7) is 4.22. The first kappa shape index (κ1) is 24.4. The molecule has 2 heterocycles. The highest BCUT2D eigenvalue weighted by Gasteiger charge is 2.21. The number of carbonyl (C=O) groups is 2. The average Bonchev–Trinajstić information content (AvgIpc) is 2.63. The number of pyridine rings is 1. The predicted molar refractivity (Wildman–Crippen MR) is 108 cm³/mol. The first-order valence-electron chi connectivity index (χ1n) is 8.56. The maximum atomic E-state index is 12.2. The van der Waals surface area contributed by atoms with Gasteiger partial charge in [-0.1, -0.05) is 6.07 Å². The number of nitrogens with one attached hydrogen (secondary N) is 2. The standard InChI is InChI=1S/C17H27N5O2.2ClH/c1-18-8-4-6-16(23)20-10-7-17(24)22-13-11-21(12-14-22)15-5-2-3-9-19-15;;/h2-3,5,9,18H,4,6-8,10-14H2,1H3,(H,20,23);2*1H. The number of rotatable bonds is 8. The second-order valence-electron chi connectivity index (χ2n) is 5.86. The summed E-state index contributed by atoms with van der Waals surface area (Å²) in [4.78, 5) is 32.2. The fourth-order valence-electron chi connectivity index (χ4n) is 2.71. The molecule has 1 fully saturated rings. The summed E-state index contributed by atoms with van der Waals surface area (Å²) in [5, 5.41) is 5.82. The summed E-state index contributed by atoms with van der Waals surface area (Å²) in [6, 6.07) is 5.86. The van der Waals surface area contributed by atoms with E-state index >= 15 is 0 Å². The van der Waals surface area contributed by atoms with Gasteiger partial charge in [0.25, 0.3) is 0 Å². The molecule has 2 rings (SSSR count). The van der Waals surface area contributed by atoms with Crippen molar-refractivity contribution >= 4 is 42.4 Å². The van der Waals surface area contributed by atoms with Crippen LogP contribution in [-0.2, 0) is 9.59 Å². The van der Waals surface area contributed by atoms with Crippen LogP contribution in [0.15, 0.2) is 24.4 Å². The first-order chi connectivity index (χ1) is 11.7. The highest BCUT2D eigenvalue weighted by Crippen LogP contribution is 2.12. The lowest BCUT2D eigenvalue weighted by Crippen LogP contribution is -2.49. The minimum Gasteiger partial charge on any atom is -0.356 e. The molecule has 148 valence electrons. The molecule has 1 aromatic rings. The molecule has 7 nitrogen and oxygen atoms in total. The maximum absolute atomic E-state index is 12.2. The Labute approximate surface area is 167 Å². The molecule has 0 saturated carbocycles. The van der Waals surface area contributed by atoms with E-state index in [2.05, 4.69) is 20.5 Å². The monoisotopic (exact) mass is 405 g/mol. The van der Waals surface area contributed by atoms with E-state index in [1.54, 1.807) is 6.20 Å². The van der Waals surface area contributed by atoms with Crippen LogP contribution in [0.4, 0.5) is 5.82 Å². The third kappa shape index (κ3) is 8.21. The van der Waals surface area contributed by atoms with Gasteiger partial charge in [-0.2, -0.15) is 0 Å². The third-order valence-corrected chi connectivity index (χ3v) is 4.10. The molecular formula is C17H29Cl2N5O2. The second kappa shape index (κ2) is 13.6. The maximum Gasteiger partial charge on any atom is 0.224 e. The van der Waals surface area contributed by atoms with Crippen molar-refractivity contribution in [3.8, 4) is 0 Å². The topological polar surface area (TPSA) is 77.6 Å². The van der Waals surface area contributed by atoms with Crippen LogP contribution in [-0.4, -0.2) is 68.0 Å². The molecule has 0 radical (unpaired) electrons. The molecule has 0 bridgehead atoms. The summed E-state index contributed by atoms with van der Waals surface area (Å²) < 4.78 is 0. The number of hydrogen-bond acceptors (Lipinski definition) is 5. The summed E-state index contributed by atoms with van der Waals surface area (Å²) in [5.41, 5.74) is 0. The molecule has 0 atom stereocenters. The number of amides is 2. The van der Waals surface area contributed by atoms with E-state index in [1.165, 1.54) is 0 Å². The van der Waals surface area contributed by atoms with Crippen molar-refractivity contribution in [1.82, 2.24) is 20.5 Å². The van der Waals surface area contributed by atoms with Crippen LogP contribution in [0.3, 0.4) is 0 Å². The van der Waals surface area contributed by atoms with Crippen LogP contribution in [0.2, 0.25) is 0 Å². The van der Waals surface area contributed by atoms with E-state index < -0.39 is 0 Å². The molecule has 1 aliphatic heterocycles. The first-order valence-corrected chi connectivity index (χ1v) is 8.56. The number of hydrogen-bond donors (Lipinski definition) is 2. The lowest BCUT2D eigenvalue weighted by atomic mass is 10.2. The van der Waals surface area contributed by atoms with Crippen molar-refractivity contribution in [3.05, 3.63) is 24.4 Å². The highest BCUT2D eigenvalue weighted by atomic mass is 35.5. The van der Waals surface area contributed by atoms with Crippen molar-refractivity contribution in [2.24, 2.45) is 0 Å². The van der Waals surface area contributed by atoms with E-state index in [0.29, 0.717) is 32.5 Å². The van der Waals surface area contributed by atoms with Gasteiger partial charge in [0.1, 0.15) is 5.82 Å². The molecule has 1 aliphatic rings. The zero-order valence-electron chi connectivity index (χ0n) is 15.1. The Morgan fingerprint density at radius 2 is 1.81 bits per heavy atom. The van der Waals surface area contributed by atoms with Gasteiger partial charge in [0.05, 0.1) is 0 Å². The average molecular weight is 406 g/mol. The van der Waals surface area contributed by atoms with E-state index in [0.717, 1.165) is 31.9 Å². The fraction of sp³-hybridized carbons (Fsp3) is 0.588. The molecule has 1 saturated heterocycles. The Morgan fingerprint density at radius 1 is 1.08 bits per heavy atom. The molecule has 0 unspecified atom stereocenters. The quantitative estimate of drug-likeness (QED) is 0.632. The third-order valence-electron chi connectivity index (χ3n) is 4.10. The number of carbonyl (C=O) groups excluding carboxylic acids is 2. The molecule has 9 heteroatoms. The summed E-state index contributed by atoms with van der Waals surface area (Å²) in [5.74, 6) is 1.07. The SMILES string of the molecule is CNCCCC(=O)NCCC(=O)N1CCN(c2ccccn2)CC1.Cl.Cl. The number of nitrogens with zero attached hydrogens (tertiary/aromatic N) is 3. The van der Waals surface area contributed by atoms with Gasteiger partial charge in [-0.3, -0.25) is 9.59 Å². The van der Waals surface area contributed by atoms with Gasteiger partial charge in [0, 0.05) is 51.8 Å². The number of halogens is 2. The molecule has 0 aromatic carbocycles. The second-order valence-corrected chi connectivity index (χ2v) is 5.86. The Hall–Kier alpha value is -1.57. The van der Waals surface area contributed by atoms with E-state index in [-0.39, 0.29) is 36.6 Å². The van der Waals surface area contributed by atoms with Crippen molar-refractivity contribution < 1.29 is 9.59 Å². The van der Waals surface area contributed by atoms with E-state index in [9.17, 15) is 9.59 Å². The molecule has 26 heavy (non-hydrogen) atoms. The van der Waals surface area contributed by atoms with Crippen molar-refractivity contribution in [2.75, 3.05) is 51.2 Å². The molecule has 0 aliphatic carbocycles. The summed E-state index contributed by atoms with van der Waals surface area (Å²) in [6.07, 6.45) is 3.46. The van der Waals surface area contributed by atoms with Gasteiger partial charge in [-0.25, -0.2) is 4.98 Å². The molecule has 2 amide bonds. The summed E-state index contributed by atoms with van der Waals surface area (Å²) >= 11 is 0. The number of anilines is 1. The lowest BCUT2D eigenvalue weighted by molar-refractivity contribution is -0.131. The van der Waals surface area contributed by atoms with Crippen LogP contribution in [0.1, 0.15) is 19.3 Å². The van der Waals surface area contributed by atoms with Crippen LogP contribution in [0, 0.1) is 0 Å². The van der Waals surface area contributed by atoms with E-state index in [4.69, 9.17) is 0 Å². The van der Waals surface area contributed by atoms with Gasteiger partial charge < -0.3 is 20.4 Å². The largest absolute Gasteiger partial charge is 0.356 e. The molecule has 0 spiro atoms. The number of aromatic nitrogens is 1. The Bertz CT molecular complexity index is 525. The fourth-order valence-corrected chi connectivity index (χ4v) is 2.71. The van der Waals surface area contributed by atoms with Crippen molar-refractivity contribution in [3.63, 3.8) is 0 Å². The number of piperazine rings is 1. The Kier molecular flexibility index (Phi) is 12.8. The Morgan fingerprint density at radius 3 is 2.42 bits per heavy atom. The zero-order valence-corrected chi connectivity index (χ0v) is 16.8. The van der Waals surface area contributed by atoms with E-state index in [1.807, 2.05) is 30.1 Å². The zero-order chi connectivity index (χ0) is 17.2. The smallest absolute Gasteiger partial charge is 0.224 e. The molecular weight excluding hydrogens is 377 g/mol. The van der Waals surface area contributed by atoms with Crippen LogP contribution in [0.25, 0.3) is 0 Å². The highest BCUT2D eigenvalue weighted by molar-refractivity contribution is 5.85. The van der Waals surface area contributed by atoms with Gasteiger partial charge in [-0.05, 0) is 32.1 Å². The van der Waals surface area contributed by atoms with Gasteiger partial charge >= 0.3 is 0 Å². The lowest BCUT2D eigenvalue weighted by Gasteiger charge is -2.35. The van der Waals surface area contributed by atoms with Gasteiger partial charge in [-0.15, -0.1) is 24.8 Å².